The molecule has 0 N–H and O–H groups in total. The zero-order valence-electron chi connectivity index (χ0n) is 9.60. The molecule has 84 valence electrons. The first kappa shape index (κ1) is 12.5. The first-order valence-corrected chi connectivity index (χ1v) is 7.56. The maximum atomic E-state index is 3.70. The summed E-state index contributed by atoms with van der Waals surface area (Å²) in [5.74, 6) is 2.03. The van der Waals surface area contributed by atoms with Gasteiger partial charge in [0.15, 0.2) is 0 Å². The molecule has 0 saturated heterocycles. The minimum absolute atomic E-state index is 0.981. The van der Waals surface area contributed by atoms with E-state index in [4.69, 9.17) is 0 Å². The quantitative estimate of drug-likeness (QED) is 0.438. The molecule has 1 unspecified atom stereocenters. The molecule has 1 saturated carbocycles. The van der Waals surface area contributed by atoms with Crippen molar-refractivity contribution in [1.82, 2.24) is 0 Å². The zero-order chi connectivity index (χ0) is 10.2. The molecule has 0 spiro atoms. The summed E-state index contributed by atoms with van der Waals surface area (Å²) in [4.78, 5) is 0. The monoisotopic (exact) mass is 260 g/mol. The van der Waals surface area contributed by atoms with Crippen LogP contribution in [0.15, 0.2) is 0 Å². The van der Waals surface area contributed by atoms with Gasteiger partial charge in [-0.2, -0.15) is 0 Å². The van der Waals surface area contributed by atoms with Crippen LogP contribution in [0.3, 0.4) is 0 Å². The lowest BCUT2D eigenvalue weighted by Crippen LogP contribution is -2.13. The molecule has 0 heterocycles. The Labute approximate surface area is 98.0 Å². The highest BCUT2D eigenvalue weighted by Gasteiger charge is 2.23. The van der Waals surface area contributed by atoms with E-state index in [1.54, 1.807) is 0 Å². The predicted molar refractivity (Wildman–Crippen MR) is 68.0 cm³/mol. The molecule has 0 aromatic rings. The van der Waals surface area contributed by atoms with Crippen molar-refractivity contribution in [3.05, 3.63) is 0 Å². The van der Waals surface area contributed by atoms with Crippen molar-refractivity contribution in [3.63, 3.8) is 0 Å². The van der Waals surface area contributed by atoms with Gasteiger partial charge in [-0.15, -0.1) is 0 Å². The van der Waals surface area contributed by atoms with Crippen LogP contribution in [0.5, 0.6) is 0 Å². The van der Waals surface area contributed by atoms with E-state index >= 15 is 0 Å². The van der Waals surface area contributed by atoms with Crippen LogP contribution in [0.25, 0.3) is 0 Å². The largest absolute Gasteiger partial charge is 0.0925 e. The summed E-state index contributed by atoms with van der Waals surface area (Å²) in [5.41, 5.74) is 0. The van der Waals surface area contributed by atoms with Gasteiger partial charge in [-0.25, -0.2) is 0 Å². The second kappa shape index (κ2) is 7.73. The van der Waals surface area contributed by atoms with Crippen LogP contribution >= 0.6 is 15.9 Å². The highest BCUT2D eigenvalue weighted by Crippen LogP contribution is 2.34. The van der Waals surface area contributed by atoms with Gasteiger partial charge in [-0.1, -0.05) is 74.2 Å². The Morgan fingerprint density at radius 2 is 1.86 bits per heavy atom. The molecule has 1 rings (SSSR count). The lowest BCUT2D eigenvalue weighted by atomic mass is 9.88. The molecule has 0 radical (unpaired) electrons. The van der Waals surface area contributed by atoms with Crippen LogP contribution in [0.2, 0.25) is 0 Å². The molecule has 0 bridgehead atoms. The highest BCUT2D eigenvalue weighted by molar-refractivity contribution is 9.09. The Morgan fingerprint density at radius 1 is 1.14 bits per heavy atom. The second-order valence-electron chi connectivity index (χ2n) is 4.81. The van der Waals surface area contributed by atoms with Gasteiger partial charge >= 0.3 is 0 Å². The van der Waals surface area contributed by atoms with Crippen molar-refractivity contribution in [2.24, 2.45) is 11.8 Å². The van der Waals surface area contributed by atoms with Crippen molar-refractivity contribution in [3.8, 4) is 0 Å². The molecule has 1 atom stereocenters. The molecule has 0 aromatic heterocycles. The van der Waals surface area contributed by atoms with Gasteiger partial charge < -0.3 is 0 Å². The van der Waals surface area contributed by atoms with E-state index in [9.17, 15) is 0 Å². The van der Waals surface area contributed by atoms with E-state index < -0.39 is 0 Å². The SMILES string of the molecule is CCCCCCC(CBr)C1CCCC1. The van der Waals surface area contributed by atoms with Gasteiger partial charge in [0.25, 0.3) is 0 Å². The molecule has 1 aliphatic rings. The first-order valence-electron chi connectivity index (χ1n) is 6.44. The second-order valence-corrected chi connectivity index (χ2v) is 5.46. The summed E-state index contributed by atoms with van der Waals surface area (Å²) in [6.07, 6.45) is 13.2. The molecule has 0 aromatic carbocycles. The lowest BCUT2D eigenvalue weighted by Gasteiger charge is -2.20. The molecule has 14 heavy (non-hydrogen) atoms. The maximum Gasteiger partial charge on any atom is 0.00623 e. The fourth-order valence-corrected chi connectivity index (χ4v) is 3.55. The summed E-state index contributed by atoms with van der Waals surface area (Å²) < 4.78 is 0. The Hall–Kier alpha value is 0.480. The van der Waals surface area contributed by atoms with Crippen LogP contribution in [-0.2, 0) is 0 Å². The van der Waals surface area contributed by atoms with Gasteiger partial charge in [0.2, 0.25) is 0 Å². The van der Waals surface area contributed by atoms with E-state index in [-0.39, 0.29) is 0 Å². The smallest absolute Gasteiger partial charge is 0.00623 e. The number of hydrogen-bond acceptors (Lipinski definition) is 0. The first-order chi connectivity index (χ1) is 6.88. The third kappa shape index (κ3) is 4.33. The van der Waals surface area contributed by atoms with Gasteiger partial charge in [-0.3, -0.25) is 0 Å². The third-order valence-corrected chi connectivity index (χ3v) is 4.52. The Morgan fingerprint density at radius 3 is 2.43 bits per heavy atom. The van der Waals surface area contributed by atoms with E-state index in [1.165, 1.54) is 63.1 Å². The fourth-order valence-electron chi connectivity index (χ4n) is 2.70. The standard InChI is InChI=1S/C13H25Br/c1-2-3-4-5-10-13(11-14)12-8-6-7-9-12/h12-13H,2-11H2,1H3. The molecule has 1 aliphatic carbocycles. The fraction of sp³-hybridized carbons (Fsp3) is 1.00. The minimum Gasteiger partial charge on any atom is -0.0925 e. The Kier molecular flexibility index (Phi) is 6.93. The van der Waals surface area contributed by atoms with Gasteiger partial charge in [0.05, 0.1) is 0 Å². The van der Waals surface area contributed by atoms with Crippen molar-refractivity contribution in [2.75, 3.05) is 5.33 Å². The van der Waals surface area contributed by atoms with Crippen LogP contribution in [-0.4, -0.2) is 5.33 Å². The number of hydrogen-bond donors (Lipinski definition) is 0. The van der Waals surface area contributed by atoms with Crippen molar-refractivity contribution in [2.45, 2.75) is 64.7 Å². The highest BCUT2D eigenvalue weighted by atomic mass is 79.9. The molecule has 0 amide bonds. The normalized spacial score (nSPS) is 20.1. The molecule has 1 heteroatoms. The van der Waals surface area contributed by atoms with Gasteiger partial charge in [0.1, 0.15) is 0 Å². The summed E-state index contributed by atoms with van der Waals surface area (Å²) >= 11 is 3.70. The van der Waals surface area contributed by atoms with Crippen LogP contribution in [0.4, 0.5) is 0 Å². The van der Waals surface area contributed by atoms with E-state index in [2.05, 4.69) is 22.9 Å². The van der Waals surface area contributed by atoms with Gasteiger partial charge in [-0.05, 0) is 18.3 Å². The topological polar surface area (TPSA) is 0 Å². The van der Waals surface area contributed by atoms with Crippen LogP contribution in [0.1, 0.15) is 64.7 Å². The van der Waals surface area contributed by atoms with Crippen molar-refractivity contribution < 1.29 is 0 Å². The predicted octanol–water partition coefficient (Wildman–Crippen LogP) is 5.16. The van der Waals surface area contributed by atoms with E-state index in [0.29, 0.717) is 0 Å². The average molecular weight is 261 g/mol. The molecule has 0 aliphatic heterocycles. The van der Waals surface area contributed by atoms with Gasteiger partial charge in [0, 0.05) is 5.33 Å². The number of alkyl halides is 1. The van der Waals surface area contributed by atoms with Crippen LogP contribution in [0, 0.1) is 11.8 Å². The number of unbranched alkanes of at least 4 members (excludes halogenated alkanes) is 3. The van der Waals surface area contributed by atoms with E-state index in [1.807, 2.05) is 0 Å². The summed E-state index contributed by atoms with van der Waals surface area (Å²) in [5, 5.41) is 1.24. The summed E-state index contributed by atoms with van der Waals surface area (Å²) in [6, 6.07) is 0. The minimum atomic E-state index is 0.981. The van der Waals surface area contributed by atoms with Crippen LogP contribution < -0.4 is 0 Å². The average Bonchev–Trinajstić information content (AvgIpc) is 2.71. The Balaban J connectivity index is 2.11. The summed E-state index contributed by atoms with van der Waals surface area (Å²) in [7, 11) is 0. The molecule has 1 fully saturated rings. The molecule has 0 nitrogen and oxygen atoms in total. The zero-order valence-corrected chi connectivity index (χ0v) is 11.2. The maximum absolute atomic E-state index is 3.70. The lowest BCUT2D eigenvalue weighted by molar-refractivity contribution is 0.341. The number of rotatable bonds is 7. The number of halogens is 1. The molecular formula is C13H25Br. The Bertz CT molecular complexity index is 127. The summed E-state index contributed by atoms with van der Waals surface area (Å²) in [6.45, 7) is 2.29. The van der Waals surface area contributed by atoms with E-state index in [0.717, 1.165) is 11.8 Å². The van der Waals surface area contributed by atoms with Crippen molar-refractivity contribution >= 4 is 15.9 Å². The van der Waals surface area contributed by atoms with Crippen molar-refractivity contribution in [1.29, 1.82) is 0 Å². The third-order valence-electron chi connectivity index (χ3n) is 3.69. The molecular weight excluding hydrogens is 236 g/mol.